The van der Waals surface area contributed by atoms with Crippen LogP contribution in [0.2, 0.25) is 0 Å². The summed E-state index contributed by atoms with van der Waals surface area (Å²) in [6.07, 6.45) is 1.76. The molecule has 0 aromatic rings. The van der Waals surface area contributed by atoms with Gasteiger partial charge in [-0.15, -0.1) is 0 Å². The van der Waals surface area contributed by atoms with Crippen molar-refractivity contribution >= 4 is 22.8 Å². The molecular formula is C14H27N3OS. The van der Waals surface area contributed by atoms with Crippen molar-refractivity contribution in [3.63, 3.8) is 0 Å². The summed E-state index contributed by atoms with van der Waals surface area (Å²) in [7, 11) is 0. The molecule has 0 saturated heterocycles. The van der Waals surface area contributed by atoms with Gasteiger partial charge in [0.1, 0.15) is 0 Å². The standard InChI is InChI=1S/C14H27N3OS/c1-5-17(6-2)13(18)7-8-15-14-16-10-12(19-14)9-11(3)4/h11-12H,5-10H2,1-4H3,(H,15,16). The number of nitrogens with zero attached hydrogens (tertiary/aromatic N) is 2. The Bertz CT molecular complexity index is 314. The molecule has 1 aliphatic heterocycles. The fourth-order valence-corrected chi connectivity index (χ4v) is 3.45. The number of carbonyl (C=O) groups is 1. The minimum Gasteiger partial charge on any atom is -0.364 e. The quantitative estimate of drug-likeness (QED) is 0.781. The third kappa shape index (κ3) is 5.85. The SMILES string of the molecule is CCN(CC)C(=O)CCNC1=NCC(CC(C)C)S1. The molecule has 1 heterocycles. The van der Waals surface area contributed by atoms with E-state index in [1.54, 1.807) is 0 Å². The predicted octanol–water partition coefficient (Wildman–Crippen LogP) is 2.35. The van der Waals surface area contributed by atoms with Crippen LogP contribution < -0.4 is 5.32 Å². The average molecular weight is 285 g/mol. The number of thioether (sulfide) groups is 1. The van der Waals surface area contributed by atoms with Gasteiger partial charge in [-0.25, -0.2) is 0 Å². The lowest BCUT2D eigenvalue weighted by Crippen LogP contribution is -2.33. The zero-order valence-corrected chi connectivity index (χ0v) is 13.4. The predicted molar refractivity (Wildman–Crippen MR) is 83.7 cm³/mol. The van der Waals surface area contributed by atoms with E-state index in [2.05, 4.69) is 24.2 Å². The van der Waals surface area contributed by atoms with E-state index in [4.69, 9.17) is 0 Å². The maximum atomic E-state index is 11.8. The van der Waals surface area contributed by atoms with Crippen LogP contribution in [0.4, 0.5) is 0 Å². The minimum absolute atomic E-state index is 0.222. The summed E-state index contributed by atoms with van der Waals surface area (Å²) in [6.45, 7) is 11.7. The van der Waals surface area contributed by atoms with Gasteiger partial charge in [0, 0.05) is 31.3 Å². The smallest absolute Gasteiger partial charge is 0.224 e. The van der Waals surface area contributed by atoms with Crippen molar-refractivity contribution in [1.29, 1.82) is 0 Å². The van der Waals surface area contributed by atoms with Gasteiger partial charge in [0.25, 0.3) is 0 Å². The van der Waals surface area contributed by atoms with Crippen molar-refractivity contribution in [2.45, 2.75) is 45.8 Å². The first-order valence-electron chi connectivity index (χ1n) is 7.29. The summed E-state index contributed by atoms with van der Waals surface area (Å²) in [5.41, 5.74) is 0. The highest BCUT2D eigenvalue weighted by atomic mass is 32.2. The van der Waals surface area contributed by atoms with Crippen molar-refractivity contribution < 1.29 is 4.79 Å². The molecule has 0 saturated carbocycles. The van der Waals surface area contributed by atoms with Crippen LogP contribution in [0.15, 0.2) is 4.99 Å². The summed E-state index contributed by atoms with van der Waals surface area (Å²) >= 11 is 1.82. The number of carbonyl (C=O) groups excluding carboxylic acids is 1. The van der Waals surface area contributed by atoms with Crippen molar-refractivity contribution in [2.24, 2.45) is 10.9 Å². The second-order valence-electron chi connectivity index (χ2n) is 5.26. The Morgan fingerprint density at radius 2 is 2.16 bits per heavy atom. The first kappa shape index (κ1) is 16.3. The molecule has 110 valence electrons. The van der Waals surface area contributed by atoms with Crippen molar-refractivity contribution in [3.8, 4) is 0 Å². The highest BCUT2D eigenvalue weighted by Gasteiger charge is 2.20. The van der Waals surface area contributed by atoms with Gasteiger partial charge in [0.05, 0.1) is 6.54 Å². The topological polar surface area (TPSA) is 44.7 Å². The molecule has 1 unspecified atom stereocenters. The molecule has 1 amide bonds. The van der Waals surface area contributed by atoms with Gasteiger partial charge >= 0.3 is 0 Å². The molecule has 1 atom stereocenters. The van der Waals surface area contributed by atoms with Gasteiger partial charge in [-0.3, -0.25) is 9.79 Å². The summed E-state index contributed by atoms with van der Waals surface area (Å²) in [4.78, 5) is 18.2. The molecule has 0 aromatic carbocycles. The van der Waals surface area contributed by atoms with Crippen LogP contribution >= 0.6 is 11.8 Å². The molecule has 1 rings (SSSR count). The van der Waals surface area contributed by atoms with Gasteiger partial charge < -0.3 is 10.2 Å². The first-order valence-corrected chi connectivity index (χ1v) is 8.17. The van der Waals surface area contributed by atoms with Crippen LogP contribution in [-0.2, 0) is 4.79 Å². The van der Waals surface area contributed by atoms with Gasteiger partial charge in [-0.1, -0.05) is 25.6 Å². The highest BCUT2D eigenvalue weighted by molar-refractivity contribution is 8.14. The summed E-state index contributed by atoms with van der Waals surface area (Å²) in [5, 5.41) is 4.91. The number of rotatable bonds is 7. The zero-order chi connectivity index (χ0) is 14.3. The summed E-state index contributed by atoms with van der Waals surface area (Å²) in [6, 6.07) is 0. The van der Waals surface area contributed by atoms with Crippen LogP contribution in [0, 0.1) is 5.92 Å². The molecule has 1 N–H and O–H groups in total. The Labute approximate surface area is 121 Å². The van der Waals surface area contributed by atoms with Crippen LogP contribution in [0.3, 0.4) is 0 Å². The first-order chi connectivity index (χ1) is 9.06. The highest BCUT2D eigenvalue weighted by Crippen LogP contribution is 2.25. The molecule has 0 fully saturated rings. The van der Waals surface area contributed by atoms with Crippen molar-refractivity contribution in [1.82, 2.24) is 10.2 Å². The normalized spacial score (nSPS) is 18.6. The fourth-order valence-electron chi connectivity index (χ4n) is 2.17. The number of aliphatic imine (C=N–C) groups is 1. The second-order valence-corrected chi connectivity index (χ2v) is 6.55. The van der Waals surface area contributed by atoms with Crippen LogP contribution in [0.5, 0.6) is 0 Å². The van der Waals surface area contributed by atoms with E-state index >= 15 is 0 Å². The molecule has 5 heteroatoms. The van der Waals surface area contributed by atoms with E-state index < -0.39 is 0 Å². The molecule has 0 radical (unpaired) electrons. The van der Waals surface area contributed by atoms with Gasteiger partial charge in [0.2, 0.25) is 5.91 Å². The number of amides is 1. The Morgan fingerprint density at radius 1 is 1.47 bits per heavy atom. The van der Waals surface area contributed by atoms with Crippen LogP contribution in [0.1, 0.15) is 40.5 Å². The molecule has 1 aliphatic rings. The Morgan fingerprint density at radius 3 is 2.74 bits per heavy atom. The van der Waals surface area contributed by atoms with Crippen molar-refractivity contribution in [3.05, 3.63) is 0 Å². The maximum absolute atomic E-state index is 11.8. The summed E-state index contributed by atoms with van der Waals surface area (Å²) < 4.78 is 0. The number of nitrogens with one attached hydrogen (secondary N) is 1. The molecular weight excluding hydrogens is 258 g/mol. The third-order valence-electron chi connectivity index (χ3n) is 3.18. The third-order valence-corrected chi connectivity index (χ3v) is 4.35. The lowest BCUT2D eigenvalue weighted by atomic mass is 10.1. The largest absolute Gasteiger partial charge is 0.364 e. The van der Waals surface area contributed by atoms with E-state index in [0.717, 1.165) is 30.7 Å². The average Bonchev–Trinajstić information content (AvgIpc) is 2.77. The molecule has 0 aromatic heterocycles. The van der Waals surface area contributed by atoms with Gasteiger partial charge in [0.15, 0.2) is 5.17 Å². The van der Waals surface area contributed by atoms with Gasteiger partial charge in [-0.05, 0) is 26.2 Å². The van der Waals surface area contributed by atoms with E-state index in [1.807, 2.05) is 30.5 Å². The Kier molecular flexibility index (Phi) is 7.28. The van der Waals surface area contributed by atoms with Crippen LogP contribution in [0.25, 0.3) is 0 Å². The van der Waals surface area contributed by atoms with E-state index in [-0.39, 0.29) is 5.91 Å². The fraction of sp³-hybridized carbons (Fsp3) is 0.857. The Hall–Kier alpha value is -0.710. The summed E-state index contributed by atoms with van der Waals surface area (Å²) in [5.74, 6) is 0.941. The minimum atomic E-state index is 0.222. The molecule has 0 bridgehead atoms. The van der Waals surface area contributed by atoms with Crippen LogP contribution in [-0.4, -0.2) is 47.4 Å². The van der Waals surface area contributed by atoms with Gasteiger partial charge in [-0.2, -0.15) is 0 Å². The van der Waals surface area contributed by atoms with E-state index in [9.17, 15) is 4.79 Å². The molecule has 4 nitrogen and oxygen atoms in total. The van der Waals surface area contributed by atoms with E-state index in [1.165, 1.54) is 6.42 Å². The lowest BCUT2D eigenvalue weighted by Gasteiger charge is -2.18. The number of hydrogen-bond donors (Lipinski definition) is 1. The molecule has 0 spiro atoms. The maximum Gasteiger partial charge on any atom is 0.224 e. The molecule has 0 aliphatic carbocycles. The second kappa shape index (κ2) is 8.46. The van der Waals surface area contributed by atoms with E-state index in [0.29, 0.717) is 18.2 Å². The number of hydrogen-bond acceptors (Lipinski definition) is 4. The zero-order valence-electron chi connectivity index (χ0n) is 12.6. The Balaban J connectivity index is 2.19. The lowest BCUT2D eigenvalue weighted by molar-refractivity contribution is -0.130. The van der Waals surface area contributed by atoms with Crippen molar-refractivity contribution in [2.75, 3.05) is 26.2 Å². The monoisotopic (exact) mass is 285 g/mol. The molecule has 19 heavy (non-hydrogen) atoms. The number of amidine groups is 1.